The molecule has 2 nitrogen and oxygen atoms in total. The summed E-state index contributed by atoms with van der Waals surface area (Å²) < 4.78 is 0. The molecule has 4 aliphatic rings. The first-order valence-corrected chi connectivity index (χ1v) is 10.1. The van der Waals surface area contributed by atoms with Gasteiger partial charge in [0.15, 0.2) is 0 Å². The van der Waals surface area contributed by atoms with Crippen LogP contribution in [0.25, 0.3) is 0 Å². The van der Waals surface area contributed by atoms with Gasteiger partial charge in [-0.3, -0.25) is 4.79 Å². The fourth-order valence-corrected chi connectivity index (χ4v) is 8.04. The van der Waals surface area contributed by atoms with Crippen molar-refractivity contribution >= 4 is 5.78 Å². The van der Waals surface area contributed by atoms with Crippen molar-refractivity contribution in [3.8, 4) is 0 Å². The average molecular weight is 319 g/mol. The summed E-state index contributed by atoms with van der Waals surface area (Å²) in [6.45, 7) is 6.61. The molecule has 0 saturated heterocycles. The zero-order chi connectivity index (χ0) is 16.4. The Morgan fingerprint density at radius 3 is 2.48 bits per heavy atom. The van der Waals surface area contributed by atoms with Crippen LogP contribution in [0.2, 0.25) is 0 Å². The van der Waals surface area contributed by atoms with E-state index in [0.717, 1.165) is 30.6 Å². The predicted molar refractivity (Wildman–Crippen MR) is 91.9 cm³/mol. The van der Waals surface area contributed by atoms with Gasteiger partial charge in [0.25, 0.3) is 0 Å². The molecule has 8 atom stereocenters. The third kappa shape index (κ3) is 2.12. The maximum absolute atomic E-state index is 12.2. The summed E-state index contributed by atoms with van der Waals surface area (Å²) in [5.74, 6) is 3.23. The lowest BCUT2D eigenvalue weighted by molar-refractivity contribution is -0.135. The van der Waals surface area contributed by atoms with Gasteiger partial charge < -0.3 is 5.11 Å². The second-order valence-electron chi connectivity index (χ2n) is 9.84. The molecule has 4 fully saturated rings. The molecule has 4 saturated carbocycles. The Morgan fingerprint density at radius 2 is 1.74 bits per heavy atom. The van der Waals surface area contributed by atoms with Crippen LogP contribution < -0.4 is 0 Å². The highest BCUT2D eigenvalue weighted by atomic mass is 16.3. The molecule has 0 amide bonds. The first kappa shape index (κ1) is 16.1. The Morgan fingerprint density at radius 1 is 0.957 bits per heavy atom. The number of hydrogen-bond acceptors (Lipinski definition) is 2. The van der Waals surface area contributed by atoms with Crippen LogP contribution in [0.4, 0.5) is 0 Å². The van der Waals surface area contributed by atoms with Gasteiger partial charge in [0.05, 0.1) is 6.10 Å². The molecule has 130 valence electrons. The van der Waals surface area contributed by atoms with Crippen molar-refractivity contribution in [2.24, 2.45) is 40.4 Å². The van der Waals surface area contributed by atoms with E-state index >= 15 is 0 Å². The third-order valence-corrected chi connectivity index (χ3v) is 9.05. The summed E-state index contributed by atoms with van der Waals surface area (Å²) in [6, 6.07) is 0. The normalized spacial score (nSPS) is 55.7. The maximum atomic E-state index is 12.2. The third-order valence-electron chi connectivity index (χ3n) is 9.05. The van der Waals surface area contributed by atoms with E-state index in [1.807, 2.05) is 0 Å². The summed E-state index contributed by atoms with van der Waals surface area (Å²) in [6.07, 6.45) is 11.4. The minimum atomic E-state index is -0.391. The van der Waals surface area contributed by atoms with Crippen LogP contribution in [0, 0.1) is 40.4 Å². The monoisotopic (exact) mass is 318 g/mol. The van der Waals surface area contributed by atoms with Gasteiger partial charge >= 0.3 is 0 Å². The molecule has 2 heteroatoms. The van der Waals surface area contributed by atoms with Crippen LogP contribution >= 0.6 is 0 Å². The molecule has 0 aromatic rings. The second-order valence-corrected chi connectivity index (χ2v) is 9.84. The molecule has 0 aromatic carbocycles. The van der Waals surface area contributed by atoms with Crippen LogP contribution in [0.3, 0.4) is 0 Å². The Bertz CT molecular complexity index is 500. The molecule has 1 N–H and O–H groups in total. The highest BCUT2D eigenvalue weighted by Gasteiger charge is 2.62. The fourth-order valence-electron chi connectivity index (χ4n) is 8.04. The number of rotatable bonds is 1. The van der Waals surface area contributed by atoms with Crippen molar-refractivity contribution in [1.29, 1.82) is 0 Å². The van der Waals surface area contributed by atoms with E-state index in [2.05, 4.69) is 13.8 Å². The van der Waals surface area contributed by atoms with E-state index in [1.165, 1.54) is 44.9 Å². The van der Waals surface area contributed by atoms with E-state index in [4.69, 9.17) is 0 Å². The number of ketones is 1. The van der Waals surface area contributed by atoms with Crippen LogP contribution in [0.5, 0.6) is 0 Å². The van der Waals surface area contributed by atoms with Gasteiger partial charge in [-0.15, -0.1) is 0 Å². The quantitative estimate of drug-likeness (QED) is 0.767. The van der Waals surface area contributed by atoms with Crippen molar-refractivity contribution in [2.75, 3.05) is 0 Å². The van der Waals surface area contributed by atoms with Gasteiger partial charge in [-0.2, -0.15) is 0 Å². The van der Waals surface area contributed by atoms with Gasteiger partial charge in [-0.1, -0.05) is 26.7 Å². The molecule has 0 aliphatic heterocycles. The molecule has 0 radical (unpaired) electrons. The van der Waals surface area contributed by atoms with E-state index in [1.54, 1.807) is 6.92 Å². The van der Waals surface area contributed by atoms with Crippen molar-refractivity contribution in [1.82, 2.24) is 0 Å². The summed E-state index contributed by atoms with van der Waals surface area (Å²) in [5.41, 5.74) is 0.603. The van der Waals surface area contributed by atoms with Crippen LogP contribution in [0.15, 0.2) is 0 Å². The van der Waals surface area contributed by atoms with Crippen LogP contribution in [0.1, 0.15) is 78.6 Å². The molecule has 0 unspecified atom stereocenters. The predicted octanol–water partition coefficient (Wildman–Crippen LogP) is 4.60. The molecular weight excluding hydrogens is 284 g/mol. The fraction of sp³-hybridized carbons (Fsp3) is 0.952. The zero-order valence-corrected chi connectivity index (χ0v) is 15.2. The molecule has 0 aromatic heterocycles. The largest absolute Gasteiger partial charge is 0.392 e. The number of aliphatic hydroxyl groups is 1. The van der Waals surface area contributed by atoms with Gasteiger partial charge in [0.2, 0.25) is 0 Å². The Balaban J connectivity index is 1.66. The molecule has 4 rings (SSSR count). The number of hydrogen-bond donors (Lipinski definition) is 1. The summed E-state index contributed by atoms with van der Waals surface area (Å²) in [5, 5.41) is 10.6. The molecular formula is C21H34O2. The summed E-state index contributed by atoms with van der Waals surface area (Å²) in [7, 11) is 0. The maximum Gasteiger partial charge on any atom is 0.136 e. The molecule has 0 bridgehead atoms. The first-order chi connectivity index (χ1) is 10.9. The summed E-state index contributed by atoms with van der Waals surface area (Å²) >= 11 is 0. The Hall–Kier alpha value is -0.370. The molecule has 0 heterocycles. The number of fused-ring (bicyclic) bond motifs is 5. The highest BCUT2D eigenvalue weighted by molar-refractivity contribution is 5.80. The first-order valence-electron chi connectivity index (χ1n) is 10.1. The van der Waals surface area contributed by atoms with Gasteiger partial charge in [-0.25, -0.2) is 0 Å². The second kappa shape index (κ2) is 5.31. The van der Waals surface area contributed by atoms with Crippen molar-refractivity contribution in [3.05, 3.63) is 0 Å². The minimum Gasteiger partial charge on any atom is -0.392 e. The van der Waals surface area contributed by atoms with E-state index in [-0.39, 0.29) is 17.1 Å². The van der Waals surface area contributed by atoms with E-state index in [9.17, 15) is 9.90 Å². The van der Waals surface area contributed by atoms with Crippen molar-refractivity contribution < 1.29 is 9.90 Å². The number of carbonyl (C=O) groups excluding carboxylic acids is 1. The van der Waals surface area contributed by atoms with E-state index in [0.29, 0.717) is 11.3 Å². The summed E-state index contributed by atoms with van der Waals surface area (Å²) in [4.78, 5) is 12.2. The zero-order valence-electron chi connectivity index (χ0n) is 15.2. The molecule has 0 spiro atoms. The van der Waals surface area contributed by atoms with Crippen molar-refractivity contribution in [2.45, 2.75) is 84.7 Å². The number of Topliss-reactive ketones (excluding diaryl/α,β-unsaturated/α-hetero) is 1. The number of carbonyl (C=O) groups is 1. The minimum absolute atomic E-state index is 0.0598. The lowest BCUT2D eigenvalue weighted by Gasteiger charge is -2.60. The van der Waals surface area contributed by atoms with Crippen LogP contribution in [-0.4, -0.2) is 17.0 Å². The standard InChI is InChI=1S/C21H34O2/c1-13(22)19-18(23)12-17-15-8-7-14-6-4-5-10-20(14,2)16(15)9-11-21(17,19)3/h14-19,23H,4-12H2,1-3H3/t14-,15-,16+,17+,18-,19+,20+,21+/m1/s1. The van der Waals surface area contributed by atoms with Gasteiger partial charge in [-0.05, 0) is 86.4 Å². The van der Waals surface area contributed by atoms with Gasteiger partial charge in [0, 0.05) is 5.92 Å². The number of aliphatic hydroxyl groups excluding tert-OH is 1. The van der Waals surface area contributed by atoms with E-state index < -0.39 is 6.10 Å². The molecule has 4 aliphatic carbocycles. The highest BCUT2D eigenvalue weighted by Crippen LogP contribution is 2.67. The molecule has 23 heavy (non-hydrogen) atoms. The van der Waals surface area contributed by atoms with Crippen LogP contribution in [-0.2, 0) is 4.79 Å². The Labute approximate surface area is 141 Å². The Kier molecular flexibility index (Phi) is 3.72. The lowest BCUT2D eigenvalue weighted by atomic mass is 9.45. The topological polar surface area (TPSA) is 37.3 Å². The van der Waals surface area contributed by atoms with Gasteiger partial charge in [0.1, 0.15) is 5.78 Å². The average Bonchev–Trinajstić information content (AvgIpc) is 2.77. The lowest BCUT2D eigenvalue weighted by Crippen LogP contribution is -2.53. The van der Waals surface area contributed by atoms with Crippen molar-refractivity contribution in [3.63, 3.8) is 0 Å². The smallest absolute Gasteiger partial charge is 0.136 e. The SMILES string of the molecule is CC(=O)[C@H]1[C@H](O)C[C@H]2[C@@H]3CC[C@H]4CCCC[C@]4(C)[C@H]3CC[C@@]21C.